The van der Waals surface area contributed by atoms with Crippen molar-refractivity contribution in [1.82, 2.24) is 25.1 Å². The van der Waals surface area contributed by atoms with Gasteiger partial charge in [-0.25, -0.2) is 0 Å². The van der Waals surface area contributed by atoms with Gasteiger partial charge in [-0.1, -0.05) is 6.07 Å². The Bertz CT molecular complexity index is 788. The first kappa shape index (κ1) is 16.8. The zero-order chi connectivity index (χ0) is 17.5. The van der Waals surface area contributed by atoms with Gasteiger partial charge in [0.15, 0.2) is 0 Å². The molecule has 0 saturated heterocycles. The summed E-state index contributed by atoms with van der Waals surface area (Å²) in [6.07, 6.45) is 5.53. The average molecular weight is 337 g/mol. The van der Waals surface area contributed by atoms with Crippen LogP contribution in [0, 0.1) is 5.92 Å². The SMILES string of the molecule is O=C(NCC(CO)Cc1ccccn1)c1ccc(-n2cnnc2)cc1. The first-order valence-electron chi connectivity index (χ1n) is 8.00. The summed E-state index contributed by atoms with van der Waals surface area (Å²) >= 11 is 0. The molecule has 0 fully saturated rings. The van der Waals surface area contributed by atoms with Crippen molar-refractivity contribution < 1.29 is 9.90 Å². The van der Waals surface area contributed by atoms with E-state index in [1.807, 2.05) is 30.3 Å². The molecule has 0 saturated carbocycles. The minimum atomic E-state index is -0.172. The molecule has 7 nitrogen and oxygen atoms in total. The summed E-state index contributed by atoms with van der Waals surface area (Å²) in [6.45, 7) is 0.378. The Morgan fingerprint density at radius 3 is 2.52 bits per heavy atom. The molecule has 1 amide bonds. The maximum Gasteiger partial charge on any atom is 0.251 e. The van der Waals surface area contributed by atoms with E-state index in [0.29, 0.717) is 18.5 Å². The van der Waals surface area contributed by atoms with Crippen LogP contribution in [0.2, 0.25) is 0 Å². The lowest BCUT2D eigenvalue weighted by Crippen LogP contribution is -2.32. The predicted molar refractivity (Wildman–Crippen MR) is 92.2 cm³/mol. The van der Waals surface area contributed by atoms with Crippen LogP contribution in [0.3, 0.4) is 0 Å². The van der Waals surface area contributed by atoms with Crippen molar-refractivity contribution in [2.45, 2.75) is 6.42 Å². The third kappa shape index (κ3) is 4.48. The predicted octanol–water partition coefficient (Wildman–Crippen LogP) is 1.24. The number of pyridine rings is 1. The Balaban J connectivity index is 1.56. The number of benzene rings is 1. The van der Waals surface area contributed by atoms with Crippen molar-refractivity contribution in [2.75, 3.05) is 13.2 Å². The molecule has 1 unspecified atom stereocenters. The van der Waals surface area contributed by atoms with Gasteiger partial charge >= 0.3 is 0 Å². The monoisotopic (exact) mass is 337 g/mol. The van der Waals surface area contributed by atoms with E-state index < -0.39 is 0 Å². The summed E-state index contributed by atoms with van der Waals surface area (Å²) in [4.78, 5) is 16.5. The third-order valence-electron chi connectivity index (χ3n) is 3.88. The van der Waals surface area contributed by atoms with Gasteiger partial charge < -0.3 is 10.4 Å². The normalized spacial score (nSPS) is 11.9. The highest BCUT2D eigenvalue weighted by Gasteiger charge is 2.12. The second-order valence-electron chi connectivity index (χ2n) is 5.70. The number of nitrogens with zero attached hydrogens (tertiary/aromatic N) is 4. The summed E-state index contributed by atoms with van der Waals surface area (Å²) in [6, 6.07) is 12.8. The van der Waals surface area contributed by atoms with Crippen molar-refractivity contribution in [2.24, 2.45) is 5.92 Å². The van der Waals surface area contributed by atoms with Crippen LogP contribution in [0.15, 0.2) is 61.3 Å². The van der Waals surface area contributed by atoms with E-state index in [1.165, 1.54) is 0 Å². The topological polar surface area (TPSA) is 92.9 Å². The lowest BCUT2D eigenvalue weighted by molar-refractivity contribution is 0.0940. The number of hydrogen-bond donors (Lipinski definition) is 2. The van der Waals surface area contributed by atoms with Crippen molar-refractivity contribution in [3.63, 3.8) is 0 Å². The number of aliphatic hydroxyl groups excluding tert-OH is 1. The van der Waals surface area contributed by atoms with Gasteiger partial charge in [0.2, 0.25) is 0 Å². The van der Waals surface area contributed by atoms with E-state index >= 15 is 0 Å². The van der Waals surface area contributed by atoms with Gasteiger partial charge in [0.25, 0.3) is 5.91 Å². The Morgan fingerprint density at radius 2 is 1.88 bits per heavy atom. The fraction of sp³-hybridized carbons (Fsp3) is 0.222. The number of carbonyl (C=O) groups excluding carboxylic acids is 1. The van der Waals surface area contributed by atoms with E-state index in [-0.39, 0.29) is 18.4 Å². The molecule has 3 rings (SSSR count). The Kier molecular flexibility index (Phi) is 5.48. The van der Waals surface area contributed by atoms with Gasteiger partial charge in [0.1, 0.15) is 12.7 Å². The summed E-state index contributed by atoms with van der Waals surface area (Å²) in [7, 11) is 0. The number of hydrogen-bond acceptors (Lipinski definition) is 5. The molecule has 0 aliphatic rings. The zero-order valence-electron chi connectivity index (χ0n) is 13.6. The van der Waals surface area contributed by atoms with Gasteiger partial charge in [-0.15, -0.1) is 10.2 Å². The summed E-state index contributed by atoms with van der Waals surface area (Å²) in [5.74, 6) is -0.245. The largest absolute Gasteiger partial charge is 0.396 e. The molecular weight excluding hydrogens is 318 g/mol. The third-order valence-corrected chi connectivity index (χ3v) is 3.88. The molecule has 1 aromatic carbocycles. The Labute approximate surface area is 145 Å². The van der Waals surface area contributed by atoms with Gasteiger partial charge in [-0.2, -0.15) is 0 Å². The molecule has 0 bridgehead atoms. The number of aromatic nitrogens is 4. The van der Waals surface area contributed by atoms with Crippen LogP contribution in [0.1, 0.15) is 16.1 Å². The van der Waals surface area contributed by atoms with Crippen LogP contribution >= 0.6 is 0 Å². The van der Waals surface area contributed by atoms with Gasteiger partial charge in [0.05, 0.1) is 0 Å². The molecule has 0 aliphatic heterocycles. The maximum absolute atomic E-state index is 12.3. The molecule has 25 heavy (non-hydrogen) atoms. The van der Waals surface area contributed by atoms with E-state index in [9.17, 15) is 9.90 Å². The van der Waals surface area contributed by atoms with E-state index in [0.717, 1.165) is 11.4 Å². The van der Waals surface area contributed by atoms with Crippen LogP contribution in [-0.2, 0) is 6.42 Å². The van der Waals surface area contributed by atoms with Gasteiger partial charge in [-0.3, -0.25) is 14.3 Å². The van der Waals surface area contributed by atoms with Gasteiger partial charge in [0, 0.05) is 42.2 Å². The highest BCUT2D eigenvalue weighted by Crippen LogP contribution is 2.09. The van der Waals surface area contributed by atoms with Crippen LogP contribution < -0.4 is 5.32 Å². The Morgan fingerprint density at radius 1 is 1.12 bits per heavy atom. The molecule has 128 valence electrons. The second-order valence-corrected chi connectivity index (χ2v) is 5.70. The first-order valence-corrected chi connectivity index (χ1v) is 8.00. The molecule has 1 atom stereocenters. The molecule has 0 radical (unpaired) electrons. The molecule has 7 heteroatoms. The minimum absolute atomic E-state index is 0.0105. The molecule has 2 heterocycles. The summed E-state index contributed by atoms with van der Waals surface area (Å²) < 4.78 is 1.76. The number of nitrogens with one attached hydrogen (secondary N) is 1. The van der Waals surface area contributed by atoms with E-state index in [4.69, 9.17) is 0 Å². The van der Waals surface area contributed by atoms with Crippen molar-refractivity contribution in [3.05, 3.63) is 72.6 Å². The highest BCUT2D eigenvalue weighted by atomic mass is 16.3. The molecule has 2 N–H and O–H groups in total. The highest BCUT2D eigenvalue weighted by molar-refractivity contribution is 5.94. The van der Waals surface area contributed by atoms with Gasteiger partial charge in [-0.05, 0) is 42.8 Å². The van der Waals surface area contributed by atoms with E-state index in [1.54, 1.807) is 35.6 Å². The first-order chi connectivity index (χ1) is 12.3. The second kappa shape index (κ2) is 8.16. The number of rotatable bonds is 7. The van der Waals surface area contributed by atoms with Crippen molar-refractivity contribution in [1.29, 1.82) is 0 Å². The Hall–Kier alpha value is -3.06. The molecule has 0 spiro atoms. The fourth-order valence-electron chi connectivity index (χ4n) is 2.47. The summed E-state index contributed by atoms with van der Waals surface area (Å²) in [5, 5.41) is 19.9. The van der Waals surface area contributed by atoms with Crippen LogP contribution in [0.5, 0.6) is 0 Å². The molecule has 2 aromatic heterocycles. The minimum Gasteiger partial charge on any atom is -0.396 e. The average Bonchev–Trinajstić information content (AvgIpc) is 3.20. The molecule has 3 aromatic rings. The number of carbonyl (C=O) groups is 1. The van der Waals surface area contributed by atoms with Crippen molar-refractivity contribution >= 4 is 5.91 Å². The maximum atomic E-state index is 12.3. The van der Waals surface area contributed by atoms with E-state index in [2.05, 4.69) is 20.5 Å². The molecular formula is C18H19N5O2. The van der Waals surface area contributed by atoms with Crippen LogP contribution in [0.4, 0.5) is 0 Å². The summed E-state index contributed by atoms with van der Waals surface area (Å²) in [5.41, 5.74) is 2.34. The lowest BCUT2D eigenvalue weighted by atomic mass is 10.0. The van der Waals surface area contributed by atoms with Crippen LogP contribution in [0.25, 0.3) is 5.69 Å². The standard InChI is InChI=1S/C18H19N5O2/c24-11-14(9-16-3-1-2-8-19-16)10-20-18(25)15-4-6-17(7-5-15)23-12-21-22-13-23/h1-8,12-14,24H,9-11H2,(H,20,25). The number of aliphatic hydroxyl groups is 1. The lowest BCUT2D eigenvalue weighted by Gasteiger charge is -2.15. The smallest absolute Gasteiger partial charge is 0.251 e. The van der Waals surface area contributed by atoms with Crippen LogP contribution in [-0.4, -0.2) is 43.9 Å². The molecule has 0 aliphatic carbocycles. The van der Waals surface area contributed by atoms with Crippen molar-refractivity contribution in [3.8, 4) is 5.69 Å². The fourth-order valence-corrected chi connectivity index (χ4v) is 2.47. The zero-order valence-corrected chi connectivity index (χ0v) is 13.6. The quantitative estimate of drug-likeness (QED) is 0.677. The number of amides is 1.